The van der Waals surface area contributed by atoms with E-state index >= 15 is 0 Å². The lowest BCUT2D eigenvalue weighted by Crippen LogP contribution is -2.07. The predicted octanol–water partition coefficient (Wildman–Crippen LogP) is 1.01. The number of hydrogen-bond donors (Lipinski definition) is 1. The highest BCUT2D eigenvalue weighted by Crippen LogP contribution is 2.06. The van der Waals surface area contributed by atoms with Crippen molar-refractivity contribution >= 4 is 5.95 Å². The van der Waals surface area contributed by atoms with Crippen molar-refractivity contribution in [3.8, 4) is 6.01 Å². The van der Waals surface area contributed by atoms with Gasteiger partial charge in [0, 0.05) is 6.54 Å². The van der Waals surface area contributed by atoms with Crippen LogP contribution >= 0.6 is 0 Å². The first kappa shape index (κ1) is 9.70. The monoisotopic (exact) mass is 182 g/mol. The summed E-state index contributed by atoms with van der Waals surface area (Å²) in [4.78, 5) is 12.2. The molecule has 0 spiro atoms. The first-order valence-corrected chi connectivity index (χ1v) is 4.35. The molecule has 13 heavy (non-hydrogen) atoms. The van der Waals surface area contributed by atoms with E-state index in [4.69, 9.17) is 4.74 Å². The molecule has 0 bridgehead atoms. The summed E-state index contributed by atoms with van der Waals surface area (Å²) < 4.78 is 5.17. The van der Waals surface area contributed by atoms with Crippen molar-refractivity contribution in [2.45, 2.75) is 20.8 Å². The average Bonchev–Trinajstić information content (AvgIpc) is 2.04. The Morgan fingerprint density at radius 3 is 2.62 bits per heavy atom. The maximum atomic E-state index is 5.17. The van der Waals surface area contributed by atoms with Crippen LogP contribution in [0, 0.1) is 6.92 Å². The van der Waals surface area contributed by atoms with Gasteiger partial charge in [0.05, 0.1) is 6.61 Å². The predicted molar refractivity (Wildman–Crippen MR) is 49.9 cm³/mol. The molecule has 0 saturated carbocycles. The molecule has 5 nitrogen and oxygen atoms in total. The fourth-order valence-corrected chi connectivity index (χ4v) is 0.888. The summed E-state index contributed by atoms with van der Waals surface area (Å²) in [5.74, 6) is 1.23. The van der Waals surface area contributed by atoms with E-state index in [0.717, 1.165) is 6.54 Å². The Morgan fingerprint density at radius 2 is 2.00 bits per heavy atom. The molecule has 0 aromatic carbocycles. The van der Waals surface area contributed by atoms with Gasteiger partial charge >= 0.3 is 6.01 Å². The molecular weight excluding hydrogens is 168 g/mol. The van der Waals surface area contributed by atoms with Crippen LogP contribution in [-0.2, 0) is 0 Å². The van der Waals surface area contributed by atoms with Crippen molar-refractivity contribution in [2.75, 3.05) is 18.5 Å². The molecule has 1 aromatic heterocycles. The van der Waals surface area contributed by atoms with E-state index in [1.165, 1.54) is 0 Å². The molecule has 0 radical (unpaired) electrons. The normalized spacial score (nSPS) is 9.77. The van der Waals surface area contributed by atoms with E-state index in [0.29, 0.717) is 24.4 Å². The Kier molecular flexibility index (Phi) is 3.42. The molecule has 72 valence electrons. The number of rotatable bonds is 4. The van der Waals surface area contributed by atoms with E-state index in [-0.39, 0.29) is 0 Å². The first-order valence-electron chi connectivity index (χ1n) is 4.35. The second-order valence-electron chi connectivity index (χ2n) is 2.45. The highest BCUT2D eigenvalue weighted by molar-refractivity contribution is 5.25. The van der Waals surface area contributed by atoms with Gasteiger partial charge in [-0.1, -0.05) is 0 Å². The average molecular weight is 182 g/mol. The van der Waals surface area contributed by atoms with Gasteiger partial charge in [0.15, 0.2) is 0 Å². The van der Waals surface area contributed by atoms with E-state index in [1.54, 1.807) is 0 Å². The molecule has 0 saturated heterocycles. The zero-order valence-corrected chi connectivity index (χ0v) is 8.16. The lowest BCUT2D eigenvalue weighted by Gasteiger charge is -2.04. The van der Waals surface area contributed by atoms with Crippen LogP contribution in [0.3, 0.4) is 0 Å². The van der Waals surface area contributed by atoms with Gasteiger partial charge in [-0.05, 0) is 20.8 Å². The van der Waals surface area contributed by atoms with Gasteiger partial charge in [0.2, 0.25) is 5.95 Å². The van der Waals surface area contributed by atoms with Gasteiger partial charge in [0.25, 0.3) is 0 Å². The lowest BCUT2D eigenvalue weighted by atomic mass is 10.6. The number of nitrogens with zero attached hydrogens (tertiary/aromatic N) is 3. The van der Waals surface area contributed by atoms with E-state index < -0.39 is 0 Å². The third-order valence-electron chi connectivity index (χ3n) is 1.34. The Bertz CT molecular complexity index is 253. The minimum absolute atomic E-state index is 0.381. The number of ether oxygens (including phenoxy) is 1. The van der Waals surface area contributed by atoms with Crippen molar-refractivity contribution in [3.05, 3.63) is 5.82 Å². The van der Waals surface area contributed by atoms with E-state index in [2.05, 4.69) is 20.3 Å². The standard InChI is InChI=1S/C8H14N4O/c1-4-9-7-10-6(3)11-8(12-7)13-5-2/h4-5H2,1-3H3,(H,9,10,11,12). The zero-order chi connectivity index (χ0) is 9.68. The van der Waals surface area contributed by atoms with Crippen molar-refractivity contribution < 1.29 is 4.74 Å². The summed E-state index contributed by atoms with van der Waals surface area (Å²) in [6.45, 7) is 7.04. The fourth-order valence-electron chi connectivity index (χ4n) is 0.888. The minimum atomic E-state index is 0.381. The Balaban J connectivity index is 2.83. The van der Waals surface area contributed by atoms with Gasteiger partial charge < -0.3 is 10.1 Å². The Hall–Kier alpha value is -1.39. The Labute approximate surface area is 77.6 Å². The van der Waals surface area contributed by atoms with Crippen LogP contribution in [-0.4, -0.2) is 28.1 Å². The third kappa shape index (κ3) is 2.85. The largest absolute Gasteiger partial charge is 0.464 e. The minimum Gasteiger partial charge on any atom is -0.464 e. The molecule has 1 aromatic rings. The van der Waals surface area contributed by atoms with E-state index in [9.17, 15) is 0 Å². The van der Waals surface area contributed by atoms with Gasteiger partial charge in [-0.3, -0.25) is 0 Å². The van der Waals surface area contributed by atoms with Crippen LogP contribution in [0.1, 0.15) is 19.7 Å². The van der Waals surface area contributed by atoms with Crippen molar-refractivity contribution in [2.24, 2.45) is 0 Å². The summed E-state index contributed by atoms with van der Waals surface area (Å²) in [5.41, 5.74) is 0. The molecule has 0 aliphatic heterocycles. The van der Waals surface area contributed by atoms with Gasteiger partial charge in [-0.2, -0.15) is 15.0 Å². The summed E-state index contributed by atoms with van der Waals surface area (Å²) in [7, 11) is 0. The van der Waals surface area contributed by atoms with Crippen LogP contribution in [0.25, 0.3) is 0 Å². The highest BCUT2D eigenvalue weighted by Gasteiger charge is 2.02. The van der Waals surface area contributed by atoms with Crippen LogP contribution in [0.5, 0.6) is 6.01 Å². The number of anilines is 1. The molecule has 0 aliphatic rings. The van der Waals surface area contributed by atoms with Crippen LogP contribution in [0.15, 0.2) is 0 Å². The topological polar surface area (TPSA) is 59.9 Å². The van der Waals surface area contributed by atoms with Gasteiger partial charge in [0.1, 0.15) is 5.82 Å². The van der Waals surface area contributed by atoms with Gasteiger partial charge in [-0.15, -0.1) is 0 Å². The number of aryl methyl sites for hydroxylation is 1. The molecule has 0 atom stereocenters. The maximum Gasteiger partial charge on any atom is 0.321 e. The quantitative estimate of drug-likeness (QED) is 0.753. The van der Waals surface area contributed by atoms with Crippen molar-refractivity contribution in [1.29, 1.82) is 0 Å². The van der Waals surface area contributed by atoms with Gasteiger partial charge in [-0.25, -0.2) is 0 Å². The van der Waals surface area contributed by atoms with Crippen molar-refractivity contribution in [3.63, 3.8) is 0 Å². The number of nitrogens with one attached hydrogen (secondary N) is 1. The summed E-state index contributed by atoms with van der Waals surface area (Å²) in [6.07, 6.45) is 0. The molecule has 0 fully saturated rings. The molecule has 1 heterocycles. The second kappa shape index (κ2) is 4.59. The maximum absolute atomic E-state index is 5.17. The number of aromatic nitrogens is 3. The SMILES string of the molecule is CCNc1nc(C)nc(OCC)n1. The molecule has 0 amide bonds. The zero-order valence-electron chi connectivity index (χ0n) is 8.16. The molecule has 1 N–H and O–H groups in total. The summed E-state index contributed by atoms with van der Waals surface area (Å²) in [5, 5.41) is 3.00. The number of hydrogen-bond acceptors (Lipinski definition) is 5. The highest BCUT2D eigenvalue weighted by atomic mass is 16.5. The Morgan fingerprint density at radius 1 is 1.23 bits per heavy atom. The molecule has 1 rings (SSSR count). The van der Waals surface area contributed by atoms with Crippen LogP contribution < -0.4 is 10.1 Å². The van der Waals surface area contributed by atoms with Crippen molar-refractivity contribution in [1.82, 2.24) is 15.0 Å². The first-order chi connectivity index (χ1) is 6.26. The fraction of sp³-hybridized carbons (Fsp3) is 0.625. The lowest BCUT2D eigenvalue weighted by molar-refractivity contribution is 0.311. The smallest absolute Gasteiger partial charge is 0.321 e. The second-order valence-corrected chi connectivity index (χ2v) is 2.45. The van der Waals surface area contributed by atoms with E-state index in [1.807, 2.05) is 20.8 Å². The summed E-state index contributed by atoms with van der Waals surface area (Å²) >= 11 is 0. The molecular formula is C8H14N4O. The molecule has 0 aliphatic carbocycles. The van der Waals surface area contributed by atoms with Crippen LogP contribution in [0.4, 0.5) is 5.95 Å². The van der Waals surface area contributed by atoms with Crippen LogP contribution in [0.2, 0.25) is 0 Å². The summed E-state index contributed by atoms with van der Waals surface area (Å²) in [6, 6.07) is 0.381. The third-order valence-corrected chi connectivity index (χ3v) is 1.34. The molecule has 5 heteroatoms. The molecule has 0 unspecified atom stereocenters.